The summed E-state index contributed by atoms with van der Waals surface area (Å²) in [5.74, 6) is -0.245. The first-order chi connectivity index (χ1) is 9.19. The second kappa shape index (κ2) is 6.53. The summed E-state index contributed by atoms with van der Waals surface area (Å²) in [7, 11) is 0. The number of nitrogens with zero attached hydrogens (tertiary/aromatic N) is 1. The van der Waals surface area contributed by atoms with Crippen LogP contribution in [0.5, 0.6) is 0 Å². The Bertz CT molecular complexity index is 462. The average Bonchev–Trinajstić information content (AvgIpc) is 2.40. The summed E-state index contributed by atoms with van der Waals surface area (Å²) in [4.78, 5) is 14.0. The summed E-state index contributed by atoms with van der Waals surface area (Å²) in [6.07, 6.45) is 3.44. The summed E-state index contributed by atoms with van der Waals surface area (Å²) >= 11 is 0. The van der Waals surface area contributed by atoms with Crippen molar-refractivity contribution in [3.63, 3.8) is 0 Å². The van der Waals surface area contributed by atoms with Crippen LogP contribution in [0.4, 0.5) is 0 Å². The van der Waals surface area contributed by atoms with Gasteiger partial charge in [-0.15, -0.1) is 0 Å². The standard InChI is InChI=1S/C16H21NO2/c1-3-19-16(18)15-8-6-14(7-9-15)12-17-10-4-5-13(2)11-17/h5-9H,3-4,10-12H2,1-2H3. The van der Waals surface area contributed by atoms with Crippen molar-refractivity contribution < 1.29 is 9.53 Å². The Morgan fingerprint density at radius 1 is 1.32 bits per heavy atom. The molecule has 3 nitrogen and oxygen atoms in total. The molecule has 0 N–H and O–H groups in total. The normalized spacial score (nSPS) is 16.0. The van der Waals surface area contributed by atoms with Crippen LogP contribution in [0, 0.1) is 0 Å². The topological polar surface area (TPSA) is 29.5 Å². The average molecular weight is 259 g/mol. The molecule has 0 spiro atoms. The maximum absolute atomic E-state index is 11.5. The maximum atomic E-state index is 11.5. The summed E-state index contributed by atoms with van der Waals surface area (Å²) in [5.41, 5.74) is 3.30. The summed E-state index contributed by atoms with van der Waals surface area (Å²) in [5, 5.41) is 0. The van der Waals surface area contributed by atoms with Crippen LogP contribution < -0.4 is 0 Å². The number of hydrogen-bond donors (Lipinski definition) is 0. The van der Waals surface area contributed by atoms with Crippen molar-refractivity contribution in [2.45, 2.75) is 26.8 Å². The summed E-state index contributed by atoms with van der Waals surface area (Å²) in [6, 6.07) is 7.72. The Kier molecular flexibility index (Phi) is 4.74. The predicted octanol–water partition coefficient (Wildman–Crippen LogP) is 3.02. The van der Waals surface area contributed by atoms with Crippen LogP contribution in [-0.4, -0.2) is 30.6 Å². The fourth-order valence-electron chi connectivity index (χ4n) is 2.34. The first kappa shape index (κ1) is 13.8. The van der Waals surface area contributed by atoms with E-state index >= 15 is 0 Å². The van der Waals surface area contributed by atoms with E-state index in [1.807, 2.05) is 31.2 Å². The first-order valence-electron chi connectivity index (χ1n) is 6.83. The van der Waals surface area contributed by atoms with E-state index in [1.165, 1.54) is 11.1 Å². The fraction of sp³-hybridized carbons (Fsp3) is 0.438. The molecule has 102 valence electrons. The van der Waals surface area contributed by atoms with Crippen molar-refractivity contribution >= 4 is 5.97 Å². The molecule has 0 saturated heterocycles. The van der Waals surface area contributed by atoms with Crippen LogP contribution in [0.1, 0.15) is 36.2 Å². The van der Waals surface area contributed by atoms with Gasteiger partial charge in [0.05, 0.1) is 12.2 Å². The molecular formula is C16H21NO2. The highest BCUT2D eigenvalue weighted by atomic mass is 16.5. The zero-order valence-electron chi connectivity index (χ0n) is 11.7. The zero-order chi connectivity index (χ0) is 13.7. The van der Waals surface area contributed by atoms with E-state index in [9.17, 15) is 4.79 Å². The van der Waals surface area contributed by atoms with Gasteiger partial charge in [-0.3, -0.25) is 4.90 Å². The van der Waals surface area contributed by atoms with Gasteiger partial charge in [0.15, 0.2) is 0 Å². The molecule has 0 aliphatic carbocycles. The molecule has 2 rings (SSSR count). The molecule has 0 saturated carbocycles. The number of rotatable bonds is 4. The van der Waals surface area contributed by atoms with Gasteiger partial charge < -0.3 is 4.74 Å². The Balaban J connectivity index is 1.95. The number of esters is 1. The van der Waals surface area contributed by atoms with E-state index in [4.69, 9.17) is 4.74 Å². The lowest BCUT2D eigenvalue weighted by molar-refractivity contribution is 0.0526. The molecule has 0 unspecified atom stereocenters. The highest BCUT2D eigenvalue weighted by Crippen LogP contribution is 2.14. The number of carbonyl (C=O) groups excluding carboxylic acids is 1. The Labute approximate surface area is 114 Å². The van der Waals surface area contributed by atoms with Crippen molar-refractivity contribution in [1.82, 2.24) is 4.90 Å². The van der Waals surface area contributed by atoms with E-state index in [2.05, 4.69) is 17.9 Å². The van der Waals surface area contributed by atoms with Gasteiger partial charge in [-0.05, 0) is 38.0 Å². The Morgan fingerprint density at radius 3 is 2.68 bits per heavy atom. The van der Waals surface area contributed by atoms with Crippen molar-refractivity contribution in [2.75, 3.05) is 19.7 Å². The van der Waals surface area contributed by atoms with Crippen LogP contribution in [0.25, 0.3) is 0 Å². The monoisotopic (exact) mass is 259 g/mol. The summed E-state index contributed by atoms with van der Waals surface area (Å²) < 4.78 is 4.98. The van der Waals surface area contributed by atoms with Crippen LogP contribution in [0.15, 0.2) is 35.9 Å². The number of ether oxygens (including phenoxy) is 1. The van der Waals surface area contributed by atoms with Crippen LogP contribution in [0.2, 0.25) is 0 Å². The minimum absolute atomic E-state index is 0.245. The van der Waals surface area contributed by atoms with Gasteiger partial charge in [0.25, 0.3) is 0 Å². The quantitative estimate of drug-likeness (QED) is 0.615. The number of benzene rings is 1. The molecule has 1 heterocycles. The summed E-state index contributed by atoms with van der Waals surface area (Å²) in [6.45, 7) is 7.50. The van der Waals surface area contributed by atoms with Crippen molar-refractivity contribution in [3.8, 4) is 0 Å². The predicted molar refractivity (Wildman–Crippen MR) is 76.0 cm³/mol. The lowest BCUT2D eigenvalue weighted by Crippen LogP contribution is -2.28. The van der Waals surface area contributed by atoms with Crippen molar-refractivity contribution in [1.29, 1.82) is 0 Å². The van der Waals surface area contributed by atoms with Crippen LogP contribution in [-0.2, 0) is 11.3 Å². The molecule has 1 aliphatic heterocycles. The molecule has 0 fully saturated rings. The number of hydrogen-bond acceptors (Lipinski definition) is 3. The van der Waals surface area contributed by atoms with E-state index in [0.29, 0.717) is 12.2 Å². The lowest BCUT2D eigenvalue weighted by Gasteiger charge is -2.25. The van der Waals surface area contributed by atoms with Crippen molar-refractivity contribution in [2.24, 2.45) is 0 Å². The molecule has 3 heteroatoms. The molecular weight excluding hydrogens is 238 g/mol. The molecule has 0 aromatic heterocycles. The van der Waals surface area contributed by atoms with Gasteiger partial charge >= 0.3 is 5.97 Å². The van der Waals surface area contributed by atoms with E-state index in [1.54, 1.807) is 0 Å². The van der Waals surface area contributed by atoms with E-state index < -0.39 is 0 Å². The zero-order valence-corrected chi connectivity index (χ0v) is 11.7. The molecule has 1 aromatic carbocycles. The van der Waals surface area contributed by atoms with Crippen LogP contribution >= 0.6 is 0 Å². The third-order valence-electron chi connectivity index (χ3n) is 3.28. The third-order valence-corrected chi connectivity index (χ3v) is 3.28. The Hall–Kier alpha value is -1.61. The highest BCUT2D eigenvalue weighted by molar-refractivity contribution is 5.89. The molecule has 0 amide bonds. The van der Waals surface area contributed by atoms with Gasteiger partial charge in [0.1, 0.15) is 0 Å². The second-order valence-electron chi connectivity index (χ2n) is 4.97. The molecule has 1 aromatic rings. The SMILES string of the molecule is CCOC(=O)c1ccc(CN2CCC=C(C)C2)cc1. The Morgan fingerprint density at radius 2 is 2.05 bits per heavy atom. The van der Waals surface area contributed by atoms with Gasteiger partial charge in [0, 0.05) is 19.6 Å². The minimum Gasteiger partial charge on any atom is -0.462 e. The van der Waals surface area contributed by atoms with E-state index in [-0.39, 0.29) is 5.97 Å². The van der Waals surface area contributed by atoms with Crippen LogP contribution in [0.3, 0.4) is 0 Å². The lowest BCUT2D eigenvalue weighted by atomic mass is 10.1. The van der Waals surface area contributed by atoms with Gasteiger partial charge in [0.2, 0.25) is 0 Å². The minimum atomic E-state index is -0.245. The molecule has 0 bridgehead atoms. The third kappa shape index (κ3) is 3.93. The number of carbonyl (C=O) groups is 1. The van der Waals surface area contributed by atoms with Crippen molar-refractivity contribution in [3.05, 3.63) is 47.0 Å². The van der Waals surface area contributed by atoms with E-state index in [0.717, 1.165) is 26.1 Å². The molecule has 19 heavy (non-hydrogen) atoms. The smallest absolute Gasteiger partial charge is 0.338 e. The maximum Gasteiger partial charge on any atom is 0.338 e. The van der Waals surface area contributed by atoms with Gasteiger partial charge in [-0.2, -0.15) is 0 Å². The second-order valence-corrected chi connectivity index (χ2v) is 4.97. The first-order valence-corrected chi connectivity index (χ1v) is 6.83. The highest BCUT2D eigenvalue weighted by Gasteiger charge is 2.11. The van der Waals surface area contributed by atoms with Gasteiger partial charge in [-0.25, -0.2) is 4.79 Å². The molecule has 0 radical (unpaired) electrons. The van der Waals surface area contributed by atoms with Gasteiger partial charge in [-0.1, -0.05) is 23.8 Å². The molecule has 1 aliphatic rings. The fourth-order valence-corrected chi connectivity index (χ4v) is 2.34. The largest absolute Gasteiger partial charge is 0.462 e. The molecule has 0 atom stereocenters.